The van der Waals surface area contributed by atoms with Crippen LogP contribution in [-0.4, -0.2) is 55.6 Å². The zero-order valence-electron chi connectivity index (χ0n) is 12.7. The van der Waals surface area contributed by atoms with Crippen LogP contribution in [0.4, 0.5) is 0 Å². The summed E-state index contributed by atoms with van der Waals surface area (Å²) in [4.78, 5) is 3.58. The summed E-state index contributed by atoms with van der Waals surface area (Å²) in [6.07, 6.45) is 0.684. The molecule has 0 saturated carbocycles. The van der Waals surface area contributed by atoms with E-state index >= 15 is 0 Å². The lowest BCUT2D eigenvalue weighted by Gasteiger charge is -2.25. The molecule has 5 heteroatoms. The molecule has 0 unspecified atom stereocenters. The highest BCUT2D eigenvalue weighted by molar-refractivity contribution is 7.09. The van der Waals surface area contributed by atoms with Gasteiger partial charge >= 0.3 is 0 Å². The Balaban J connectivity index is 2.40. The molecule has 0 spiro atoms. The predicted octanol–water partition coefficient (Wildman–Crippen LogP) is 2.37. The Kier molecular flexibility index (Phi) is 9.05. The molecule has 0 radical (unpaired) electrons. The molecule has 0 fully saturated rings. The van der Waals surface area contributed by atoms with Crippen molar-refractivity contribution in [2.75, 3.05) is 33.4 Å². The highest BCUT2D eigenvalue weighted by atomic mass is 32.1. The Labute approximate surface area is 126 Å². The number of nitrogens with zero attached hydrogens (tertiary/aromatic N) is 1. The van der Waals surface area contributed by atoms with Crippen molar-refractivity contribution in [1.29, 1.82) is 0 Å². The Bertz CT molecular complexity index is 330. The number of aliphatic hydroxyl groups is 1. The van der Waals surface area contributed by atoms with E-state index in [9.17, 15) is 5.11 Å². The molecule has 1 N–H and O–H groups in total. The molecule has 0 aliphatic rings. The minimum Gasteiger partial charge on any atom is -0.389 e. The van der Waals surface area contributed by atoms with Gasteiger partial charge in [0, 0.05) is 38.2 Å². The zero-order chi connectivity index (χ0) is 14.8. The largest absolute Gasteiger partial charge is 0.389 e. The molecule has 1 aromatic rings. The van der Waals surface area contributed by atoms with Crippen LogP contribution in [0, 0.1) is 0 Å². The third-order valence-electron chi connectivity index (χ3n) is 2.87. The van der Waals surface area contributed by atoms with Crippen LogP contribution in [0.3, 0.4) is 0 Å². The maximum atomic E-state index is 10.1. The Morgan fingerprint density at radius 2 is 2.20 bits per heavy atom. The standard InChI is InChI=1S/C15H27NO3S/c1-13(2)19-12-14(17)10-16(7-5-8-18-3)11-15-6-4-9-20-15/h4,6,9,13-14,17H,5,7-8,10-12H2,1-3H3/t14-/m0/s1. The molecule has 1 rings (SSSR count). The molecule has 0 aromatic carbocycles. The SMILES string of the molecule is COCCCN(Cc1cccs1)C[C@H](O)COC(C)C. The fraction of sp³-hybridized carbons (Fsp3) is 0.733. The fourth-order valence-corrected chi connectivity index (χ4v) is 2.69. The Morgan fingerprint density at radius 1 is 1.40 bits per heavy atom. The molecule has 0 bridgehead atoms. The molecule has 20 heavy (non-hydrogen) atoms. The van der Waals surface area contributed by atoms with Gasteiger partial charge in [-0.15, -0.1) is 11.3 Å². The van der Waals surface area contributed by atoms with Crippen molar-refractivity contribution in [2.24, 2.45) is 0 Å². The molecule has 4 nitrogen and oxygen atoms in total. The van der Waals surface area contributed by atoms with Crippen LogP contribution < -0.4 is 0 Å². The summed E-state index contributed by atoms with van der Waals surface area (Å²) in [5.41, 5.74) is 0. The summed E-state index contributed by atoms with van der Waals surface area (Å²) in [6.45, 7) is 7.53. The first-order valence-electron chi connectivity index (χ1n) is 7.15. The molecule has 1 atom stereocenters. The number of aliphatic hydroxyl groups excluding tert-OH is 1. The smallest absolute Gasteiger partial charge is 0.0900 e. The number of thiophene rings is 1. The monoisotopic (exact) mass is 301 g/mol. The first-order chi connectivity index (χ1) is 9.61. The van der Waals surface area contributed by atoms with E-state index in [0.717, 1.165) is 26.1 Å². The zero-order valence-corrected chi connectivity index (χ0v) is 13.6. The van der Waals surface area contributed by atoms with Gasteiger partial charge in [-0.2, -0.15) is 0 Å². The van der Waals surface area contributed by atoms with Crippen LogP contribution in [-0.2, 0) is 16.0 Å². The molecule has 0 aliphatic carbocycles. The minimum absolute atomic E-state index is 0.156. The van der Waals surface area contributed by atoms with Gasteiger partial charge < -0.3 is 14.6 Å². The van der Waals surface area contributed by atoms with Gasteiger partial charge in [-0.1, -0.05) is 6.07 Å². The number of hydrogen-bond acceptors (Lipinski definition) is 5. The molecule has 1 aromatic heterocycles. The molecule has 0 amide bonds. The normalized spacial score (nSPS) is 13.3. The van der Waals surface area contributed by atoms with Gasteiger partial charge in [0.15, 0.2) is 0 Å². The highest BCUT2D eigenvalue weighted by Crippen LogP contribution is 2.12. The quantitative estimate of drug-likeness (QED) is 0.637. The minimum atomic E-state index is -0.445. The van der Waals surface area contributed by atoms with E-state index in [1.165, 1.54) is 4.88 Å². The molecule has 116 valence electrons. The maximum absolute atomic E-state index is 10.1. The van der Waals surface area contributed by atoms with Gasteiger partial charge in [0.25, 0.3) is 0 Å². The van der Waals surface area contributed by atoms with Crippen LogP contribution in [0.1, 0.15) is 25.1 Å². The molecule has 1 heterocycles. The van der Waals surface area contributed by atoms with E-state index in [4.69, 9.17) is 9.47 Å². The lowest BCUT2D eigenvalue weighted by atomic mass is 10.3. The van der Waals surface area contributed by atoms with Gasteiger partial charge in [-0.05, 0) is 31.7 Å². The second kappa shape index (κ2) is 10.3. The lowest BCUT2D eigenvalue weighted by Crippen LogP contribution is -2.36. The second-order valence-electron chi connectivity index (χ2n) is 5.20. The van der Waals surface area contributed by atoms with E-state index in [0.29, 0.717) is 13.2 Å². The van der Waals surface area contributed by atoms with E-state index in [2.05, 4.69) is 22.4 Å². The molecular formula is C15H27NO3S. The molecular weight excluding hydrogens is 274 g/mol. The third kappa shape index (κ3) is 7.97. The van der Waals surface area contributed by atoms with Gasteiger partial charge in [-0.3, -0.25) is 4.90 Å². The number of hydrogen-bond donors (Lipinski definition) is 1. The Morgan fingerprint density at radius 3 is 2.80 bits per heavy atom. The molecule has 0 aliphatic heterocycles. The van der Waals surface area contributed by atoms with Crippen molar-refractivity contribution in [3.8, 4) is 0 Å². The van der Waals surface area contributed by atoms with Crippen LogP contribution in [0.2, 0.25) is 0 Å². The van der Waals surface area contributed by atoms with Gasteiger partial charge in [-0.25, -0.2) is 0 Å². The van der Waals surface area contributed by atoms with E-state index < -0.39 is 6.10 Å². The van der Waals surface area contributed by atoms with Gasteiger partial charge in [0.1, 0.15) is 0 Å². The van der Waals surface area contributed by atoms with E-state index in [1.54, 1.807) is 18.4 Å². The Hall–Kier alpha value is -0.460. The van der Waals surface area contributed by atoms with Crippen molar-refractivity contribution in [3.63, 3.8) is 0 Å². The maximum Gasteiger partial charge on any atom is 0.0900 e. The number of rotatable bonds is 11. The summed E-state index contributed by atoms with van der Waals surface area (Å²) >= 11 is 1.75. The van der Waals surface area contributed by atoms with Crippen LogP contribution >= 0.6 is 11.3 Å². The first kappa shape index (κ1) is 17.6. The number of methoxy groups -OCH3 is 1. The first-order valence-corrected chi connectivity index (χ1v) is 8.03. The summed E-state index contributed by atoms with van der Waals surface area (Å²) < 4.78 is 10.6. The highest BCUT2D eigenvalue weighted by Gasteiger charge is 2.13. The van der Waals surface area contributed by atoms with E-state index in [1.807, 2.05) is 13.8 Å². The van der Waals surface area contributed by atoms with E-state index in [-0.39, 0.29) is 6.10 Å². The third-order valence-corrected chi connectivity index (χ3v) is 3.73. The predicted molar refractivity (Wildman–Crippen MR) is 83.2 cm³/mol. The lowest BCUT2D eigenvalue weighted by molar-refractivity contribution is -0.0102. The van der Waals surface area contributed by atoms with Crippen LogP contribution in [0.15, 0.2) is 17.5 Å². The van der Waals surface area contributed by atoms with Crippen molar-refractivity contribution < 1.29 is 14.6 Å². The number of ether oxygens (including phenoxy) is 2. The summed E-state index contributed by atoms with van der Waals surface area (Å²) in [5, 5.41) is 12.1. The van der Waals surface area contributed by atoms with Gasteiger partial charge in [0.2, 0.25) is 0 Å². The second-order valence-corrected chi connectivity index (χ2v) is 6.23. The van der Waals surface area contributed by atoms with Crippen LogP contribution in [0.5, 0.6) is 0 Å². The summed E-state index contributed by atoms with van der Waals surface area (Å²) in [6, 6.07) is 4.19. The average molecular weight is 301 g/mol. The van der Waals surface area contributed by atoms with Crippen molar-refractivity contribution >= 4 is 11.3 Å². The van der Waals surface area contributed by atoms with Crippen molar-refractivity contribution in [2.45, 2.75) is 39.0 Å². The van der Waals surface area contributed by atoms with Gasteiger partial charge in [0.05, 0.1) is 18.8 Å². The summed E-state index contributed by atoms with van der Waals surface area (Å²) in [7, 11) is 1.72. The fourth-order valence-electron chi connectivity index (χ4n) is 1.94. The summed E-state index contributed by atoms with van der Waals surface area (Å²) in [5.74, 6) is 0. The van der Waals surface area contributed by atoms with Crippen LogP contribution in [0.25, 0.3) is 0 Å². The topological polar surface area (TPSA) is 41.9 Å². The molecule has 0 saturated heterocycles. The average Bonchev–Trinajstić information content (AvgIpc) is 2.89. The van der Waals surface area contributed by atoms with Crippen molar-refractivity contribution in [1.82, 2.24) is 4.90 Å². The van der Waals surface area contributed by atoms with Crippen molar-refractivity contribution in [3.05, 3.63) is 22.4 Å².